The van der Waals surface area contributed by atoms with Crippen LogP contribution >= 0.6 is 27.7 Å². The fourth-order valence-corrected chi connectivity index (χ4v) is 11.7. The van der Waals surface area contributed by atoms with Gasteiger partial charge in [-0.1, -0.05) is 79.2 Å². The molecule has 9 heteroatoms. The quantitative estimate of drug-likeness (QED) is 0.102. The Kier molecular flexibility index (Phi) is 11.4. The smallest absolute Gasteiger partial charge is 0.310 e. The number of allylic oxidation sites excluding steroid dienone is 1. The summed E-state index contributed by atoms with van der Waals surface area (Å²) in [7, 11) is 0. The number of aliphatic hydroxyl groups is 1. The van der Waals surface area contributed by atoms with Crippen molar-refractivity contribution in [3.05, 3.63) is 61.2 Å². The van der Waals surface area contributed by atoms with Crippen molar-refractivity contribution in [3.8, 4) is 0 Å². The molecule has 3 aliphatic heterocycles. The number of esters is 1. The van der Waals surface area contributed by atoms with Gasteiger partial charge in [0.05, 0.1) is 35.8 Å². The maximum atomic E-state index is 15.1. The second kappa shape index (κ2) is 14.3. The molecule has 3 aliphatic rings. The Morgan fingerprint density at radius 2 is 1.87 bits per heavy atom. The summed E-state index contributed by atoms with van der Waals surface area (Å²) < 4.78 is 4.97. The molecule has 3 fully saturated rings. The highest BCUT2D eigenvalue weighted by molar-refractivity contribution is 9.09. The van der Waals surface area contributed by atoms with Crippen molar-refractivity contribution < 1.29 is 24.2 Å². The predicted octanol–water partition coefficient (Wildman–Crippen LogP) is 6.18. The normalized spacial score (nSPS) is 28.1. The molecule has 0 aromatic heterocycles. The molecule has 3 unspecified atom stereocenters. The van der Waals surface area contributed by atoms with E-state index in [9.17, 15) is 14.7 Å². The van der Waals surface area contributed by atoms with E-state index in [2.05, 4.69) is 63.7 Å². The highest BCUT2D eigenvalue weighted by atomic mass is 79.9. The van der Waals surface area contributed by atoms with E-state index in [1.54, 1.807) is 22.7 Å². The number of ether oxygens (including phenoxy) is 1. The number of aliphatic hydroxyl groups excluding tert-OH is 1. The van der Waals surface area contributed by atoms with Crippen LogP contribution in [0.3, 0.4) is 0 Å². The number of likely N-dealkylation sites (tertiary alicyclic amines) is 1. The van der Waals surface area contributed by atoms with Gasteiger partial charge >= 0.3 is 5.97 Å². The van der Waals surface area contributed by atoms with Crippen LogP contribution in [-0.4, -0.2) is 84.9 Å². The van der Waals surface area contributed by atoms with Crippen molar-refractivity contribution in [1.29, 1.82) is 0 Å². The van der Waals surface area contributed by atoms with Crippen LogP contribution < -0.4 is 0 Å². The number of nitrogens with zero attached hydrogens (tertiary/aromatic N) is 2. The molecule has 7 nitrogen and oxygen atoms in total. The Morgan fingerprint density at radius 3 is 2.47 bits per heavy atom. The highest BCUT2D eigenvalue weighted by Gasteiger charge is 2.77. The molecule has 0 aliphatic carbocycles. The van der Waals surface area contributed by atoms with Crippen molar-refractivity contribution in [2.45, 2.75) is 106 Å². The number of rotatable bonds is 15. The summed E-state index contributed by atoms with van der Waals surface area (Å²) >= 11 is 5.45. The Labute approximate surface area is 282 Å². The Hall–Kier alpha value is -2.10. The number of fused-ring (bicyclic) bond motifs is 1. The first kappa shape index (κ1) is 35.7. The van der Waals surface area contributed by atoms with Gasteiger partial charge in [0.1, 0.15) is 6.04 Å². The summed E-state index contributed by atoms with van der Waals surface area (Å²) in [6, 6.07) is 8.25. The van der Waals surface area contributed by atoms with Gasteiger partial charge in [0, 0.05) is 22.2 Å². The van der Waals surface area contributed by atoms with Crippen molar-refractivity contribution >= 4 is 45.5 Å². The van der Waals surface area contributed by atoms with Crippen molar-refractivity contribution in [1.82, 2.24) is 9.80 Å². The first-order valence-corrected chi connectivity index (χ1v) is 18.0. The molecule has 2 bridgehead atoms. The van der Waals surface area contributed by atoms with Gasteiger partial charge in [0.15, 0.2) is 0 Å². The summed E-state index contributed by atoms with van der Waals surface area (Å²) in [6.45, 7) is 18.7. The van der Waals surface area contributed by atoms with Crippen LogP contribution in [0.1, 0.15) is 72.3 Å². The van der Waals surface area contributed by atoms with E-state index in [0.29, 0.717) is 19.4 Å². The number of benzene rings is 1. The van der Waals surface area contributed by atoms with E-state index in [1.807, 2.05) is 41.3 Å². The number of hydrogen-bond acceptors (Lipinski definition) is 6. The molecule has 3 heterocycles. The second-order valence-corrected chi connectivity index (χ2v) is 17.4. The molecule has 4 rings (SSSR count). The van der Waals surface area contributed by atoms with E-state index < -0.39 is 34.2 Å². The second-order valence-electron chi connectivity index (χ2n) is 14.7. The molecule has 7 atom stereocenters. The molecule has 248 valence electrons. The third kappa shape index (κ3) is 7.25. The number of thioether (sulfide) groups is 1. The number of amides is 2. The van der Waals surface area contributed by atoms with Crippen LogP contribution in [0.2, 0.25) is 0 Å². The summed E-state index contributed by atoms with van der Waals surface area (Å²) in [6.07, 6.45) is 7.74. The van der Waals surface area contributed by atoms with Crippen LogP contribution in [-0.2, 0) is 25.5 Å². The van der Waals surface area contributed by atoms with E-state index in [4.69, 9.17) is 4.74 Å². The highest BCUT2D eigenvalue weighted by Crippen LogP contribution is 2.68. The molecule has 1 aromatic rings. The first-order chi connectivity index (χ1) is 21.2. The molecule has 1 spiro atoms. The van der Waals surface area contributed by atoms with Crippen molar-refractivity contribution in [2.24, 2.45) is 17.3 Å². The van der Waals surface area contributed by atoms with Crippen LogP contribution in [0, 0.1) is 17.3 Å². The Morgan fingerprint density at radius 1 is 1.18 bits per heavy atom. The SMILES string of the molecule is C=CCCCCOC(=O)[C@H]1[C@@H]2SC3(CC2Br)C(C(=O)N(CC=C)C(C)(C)CC(C)(C)C)N([C@@H](CO)Cc2ccccc2)C(=O)[C@H]13. The molecular formula is C36H51BrN2O5S. The summed E-state index contributed by atoms with van der Waals surface area (Å²) in [5.41, 5.74) is 0.366. The molecule has 45 heavy (non-hydrogen) atoms. The topological polar surface area (TPSA) is 87.2 Å². The van der Waals surface area contributed by atoms with E-state index in [-0.39, 0.29) is 46.5 Å². The number of halogens is 1. The fourth-order valence-electron chi connectivity index (χ4n) is 8.11. The van der Waals surface area contributed by atoms with Crippen LogP contribution in [0.25, 0.3) is 0 Å². The molecule has 1 N–H and O–H groups in total. The lowest BCUT2D eigenvalue weighted by Crippen LogP contribution is -2.62. The minimum Gasteiger partial charge on any atom is -0.465 e. The minimum absolute atomic E-state index is 0.0574. The molecule has 1 aromatic carbocycles. The Bertz CT molecular complexity index is 1250. The maximum absolute atomic E-state index is 15.1. The van der Waals surface area contributed by atoms with Gasteiger partial charge in [0.25, 0.3) is 0 Å². The average molecular weight is 704 g/mol. The maximum Gasteiger partial charge on any atom is 0.310 e. The standard InChI is InChI=1S/C36H51BrN2O5S/c1-8-10-11-15-19-44-33(43)27-28-31(41)39(25(22-40)20-24-16-13-12-14-17-24)30(36(28)21-26(37)29(27)45-36)32(42)38(18-9-2)35(6,7)23-34(3,4)5/h8-9,12-14,16-17,25-30,40H,1-2,10-11,15,18-23H2,3-7H3/t25-,26?,27-,28+,29-,30?,36?/m1/s1. The largest absolute Gasteiger partial charge is 0.465 e. The molecule has 2 amide bonds. The zero-order valence-electron chi connectivity index (χ0n) is 27.5. The lowest BCUT2D eigenvalue weighted by molar-refractivity contribution is -0.154. The minimum atomic E-state index is -0.851. The van der Waals surface area contributed by atoms with Crippen LogP contribution in [0.4, 0.5) is 0 Å². The third-order valence-corrected chi connectivity index (χ3v) is 12.7. The monoisotopic (exact) mass is 702 g/mol. The van der Waals surface area contributed by atoms with Gasteiger partial charge in [0.2, 0.25) is 11.8 Å². The number of carbonyl (C=O) groups excluding carboxylic acids is 3. The number of unbranched alkanes of at least 4 members (excludes halogenated alkanes) is 2. The van der Waals surface area contributed by atoms with Gasteiger partial charge in [-0.15, -0.1) is 24.9 Å². The Balaban J connectivity index is 1.78. The van der Waals surface area contributed by atoms with Crippen molar-refractivity contribution in [2.75, 3.05) is 19.8 Å². The molecular weight excluding hydrogens is 652 g/mol. The van der Waals surface area contributed by atoms with E-state index in [1.165, 1.54) is 0 Å². The van der Waals surface area contributed by atoms with Gasteiger partial charge in [-0.05, 0) is 63.4 Å². The summed E-state index contributed by atoms with van der Waals surface area (Å²) in [4.78, 5) is 47.1. The third-order valence-electron chi connectivity index (χ3n) is 9.47. The molecule has 0 saturated carbocycles. The predicted molar refractivity (Wildman–Crippen MR) is 185 cm³/mol. The van der Waals surface area contributed by atoms with Gasteiger partial charge in [-0.25, -0.2) is 0 Å². The van der Waals surface area contributed by atoms with Crippen molar-refractivity contribution in [3.63, 3.8) is 0 Å². The van der Waals surface area contributed by atoms with Crippen LogP contribution in [0.5, 0.6) is 0 Å². The molecule has 3 saturated heterocycles. The fraction of sp³-hybridized carbons (Fsp3) is 0.639. The lowest BCUT2D eigenvalue weighted by atomic mass is 9.70. The molecule has 0 radical (unpaired) electrons. The zero-order valence-corrected chi connectivity index (χ0v) is 29.9. The summed E-state index contributed by atoms with van der Waals surface area (Å²) in [5, 5.41) is 10.6. The van der Waals surface area contributed by atoms with Gasteiger partial charge in [-0.2, -0.15) is 0 Å². The van der Waals surface area contributed by atoms with Gasteiger partial charge in [-0.3, -0.25) is 14.4 Å². The number of hydrogen-bond donors (Lipinski definition) is 1. The zero-order chi connectivity index (χ0) is 33.2. The lowest BCUT2D eigenvalue weighted by Gasteiger charge is -2.46. The number of alkyl halides is 1. The average Bonchev–Trinajstić information content (AvgIpc) is 3.56. The van der Waals surface area contributed by atoms with Crippen LogP contribution in [0.15, 0.2) is 55.6 Å². The number of carbonyl (C=O) groups is 3. The van der Waals surface area contributed by atoms with Gasteiger partial charge < -0.3 is 19.6 Å². The summed E-state index contributed by atoms with van der Waals surface area (Å²) in [5.74, 6) is -2.15. The first-order valence-electron chi connectivity index (χ1n) is 16.2. The van der Waals surface area contributed by atoms with E-state index in [0.717, 1.165) is 31.2 Å². The van der Waals surface area contributed by atoms with E-state index >= 15 is 4.79 Å².